The molecule has 3 aromatic rings. The number of benzene rings is 1. The van der Waals surface area contributed by atoms with Crippen LogP contribution < -0.4 is 0 Å². The average molecular weight is 484 g/mol. The van der Waals surface area contributed by atoms with E-state index in [4.69, 9.17) is 21.1 Å². The summed E-state index contributed by atoms with van der Waals surface area (Å²) < 4.78 is 14.2. The second kappa shape index (κ2) is 11.3. The fourth-order valence-electron chi connectivity index (χ4n) is 3.92. The molecule has 0 aliphatic rings. The molecule has 1 aromatic carbocycles. The number of aromatic nitrogens is 3. The first kappa shape index (κ1) is 25.5. The summed E-state index contributed by atoms with van der Waals surface area (Å²) in [6.45, 7) is 9.05. The van der Waals surface area contributed by atoms with Gasteiger partial charge in [-0.25, -0.2) is 4.79 Å². The lowest BCUT2D eigenvalue weighted by molar-refractivity contribution is -0.136. The van der Waals surface area contributed by atoms with Gasteiger partial charge in [-0.3, -0.25) is 9.48 Å². The summed E-state index contributed by atoms with van der Waals surface area (Å²) >= 11 is 6.27. The van der Waals surface area contributed by atoms with E-state index in [9.17, 15) is 9.59 Å². The largest absolute Gasteiger partial charge is 0.454 e. The Kier molecular flexibility index (Phi) is 8.47. The molecule has 2 aromatic heterocycles. The highest BCUT2D eigenvalue weighted by Gasteiger charge is 2.17. The van der Waals surface area contributed by atoms with E-state index in [1.807, 2.05) is 67.3 Å². The third kappa shape index (κ3) is 5.85. The van der Waals surface area contributed by atoms with Gasteiger partial charge in [0.15, 0.2) is 6.61 Å². The molecule has 0 saturated carbocycles. The number of ketones is 1. The van der Waals surface area contributed by atoms with Gasteiger partial charge in [-0.1, -0.05) is 29.8 Å². The van der Waals surface area contributed by atoms with Gasteiger partial charge in [0, 0.05) is 53.0 Å². The maximum Gasteiger partial charge on any atom is 0.331 e. The van der Waals surface area contributed by atoms with Gasteiger partial charge in [-0.05, 0) is 51.5 Å². The number of rotatable bonds is 10. The molecule has 0 N–H and O–H groups in total. The highest BCUT2D eigenvalue weighted by molar-refractivity contribution is 6.31. The summed E-state index contributed by atoms with van der Waals surface area (Å²) in [5.74, 6) is -0.822. The van der Waals surface area contributed by atoms with Crippen LogP contribution in [0.15, 0.2) is 36.4 Å². The lowest BCUT2D eigenvalue weighted by Crippen LogP contribution is -2.14. The van der Waals surface area contributed by atoms with Crippen LogP contribution in [0.5, 0.6) is 0 Å². The van der Waals surface area contributed by atoms with Gasteiger partial charge in [0.25, 0.3) is 0 Å². The Morgan fingerprint density at radius 1 is 1.12 bits per heavy atom. The van der Waals surface area contributed by atoms with Gasteiger partial charge in [-0.15, -0.1) is 0 Å². The molecule has 0 spiro atoms. The standard InChI is InChI=1S/C26H30ClN3O4/c1-17-14-23(19(3)29(17)12-13-33-5)25(31)16-34-26(32)11-10-22-18(2)28-30(20(22)4)15-21-8-6-7-9-24(21)27/h6-11,14H,12-13,15-16H2,1-5H3. The van der Waals surface area contributed by atoms with E-state index in [1.54, 1.807) is 13.2 Å². The minimum atomic E-state index is -0.584. The number of nitrogens with zero attached hydrogens (tertiary/aromatic N) is 3. The number of hydrogen-bond donors (Lipinski definition) is 0. The monoisotopic (exact) mass is 483 g/mol. The zero-order chi connectivity index (χ0) is 24.8. The molecule has 0 radical (unpaired) electrons. The topological polar surface area (TPSA) is 75.3 Å². The molecule has 0 aliphatic carbocycles. The summed E-state index contributed by atoms with van der Waals surface area (Å²) in [5, 5.41) is 5.25. The maximum absolute atomic E-state index is 12.6. The number of carbonyl (C=O) groups excluding carboxylic acids is 2. The Morgan fingerprint density at radius 2 is 1.85 bits per heavy atom. The average Bonchev–Trinajstić information content (AvgIpc) is 3.24. The lowest BCUT2D eigenvalue weighted by atomic mass is 10.1. The quantitative estimate of drug-likeness (QED) is 0.237. The number of ether oxygens (including phenoxy) is 2. The molecule has 2 heterocycles. The minimum Gasteiger partial charge on any atom is -0.454 e. The van der Waals surface area contributed by atoms with Crippen LogP contribution in [0.3, 0.4) is 0 Å². The smallest absolute Gasteiger partial charge is 0.331 e. The normalized spacial score (nSPS) is 11.4. The molecular formula is C26H30ClN3O4. The van der Waals surface area contributed by atoms with Crippen LogP contribution in [0.2, 0.25) is 5.02 Å². The summed E-state index contributed by atoms with van der Waals surface area (Å²) in [6, 6.07) is 9.44. The van der Waals surface area contributed by atoms with Crippen LogP contribution >= 0.6 is 11.6 Å². The highest BCUT2D eigenvalue weighted by atomic mass is 35.5. The molecule has 7 nitrogen and oxygen atoms in total. The Morgan fingerprint density at radius 3 is 2.56 bits per heavy atom. The number of hydrogen-bond acceptors (Lipinski definition) is 5. The SMILES string of the molecule is COCCn1c(C)cc(C(=O)COC(=O)C=Cc2c(C)nn(Cc3ccccc3Cl)c2C)c1C. The van der Waals surface area contributed by atoms with Crippen LogP contribution in [-0.2, 0) is 27.4 Å². The van der Waals surface area contributed by atoms with E-state index >= 15 is 0 Å². The van der Waals surface area contributed by atoms with Crippen LogP contribution in [0.1, 0.15) is 44.3 Å². The van der Waals surface area contributed by atoms with Gasteiger partial charge < -0.3 is 14.0 Å². The van der Waals surface area contributed by atoms with E-state index in [2.05, 4.69) is 5.10 Å². The van der Waals surface area contributed by atoms with Gasteiger partial charge in [0.05, 0.1) is 18.8 Å². The van der Waals surface area contributed by atoms with Gasteiger partial charge in [0.1, 0.15) is 0 Å². The summed E-state index contributed by atoms with van der Waals surface area (Å²) in [6.07, 6.45) is 3.00. The molecule has 0 aliphatic heterocycles. The number of aryl methyl sites for hydroxylation is 2. The van der Waals surface area contributed by atoms with Crippen molar-refractivity contribution in [2.45, 2.75) is 40.8 Å². The predicted octanol–water partition coefficient (Wildman–Crippen LogP) is 4.71. The van der Waals surface area contributed by atoms with Crippen LogP contribution in [0.4, 0.5) is 0 Å². The van der Waals surface area contributed by atoms with E-state index < -0.39 is 5.97 Å². The molecule has 8 heteroatoms. The molecule has 0 amide bonds. The van der Waals surface area contributed by atoms with Crippen molar-refractivity contribution in [1.82, 2.24) is 14.3 Å². The summed E-state index contributed by atoms with van der Waals surface area (Å²) in [7, 11) is 1.64. The van der Waals surface area contributed by atoms with Gasteiger partial charge >= 0.3 is 5.97 Å². The predicted molar refractivity (Wildman–Crippen MR) is 132 cm³/mol. The Bertz CT molecular complexity index is 1220. The van der Waals surface area contributed by atoms with Crippen molar-refractivity contribution in [3.05, 3.63) is 80.9 Å². The molecule has 0 atom stereocenters. The van der Waals surface area contributed by atoms with E-state index in [0.29, 0.717) is 30.3 Å². The first-order chi connectivity index (χ1) is 16.2. The van der Waals surface area contributed by atoms with Gasteiger partial charge in [0.2, 0.25) is 5.78 Å². The van der Waals surface area contributed by atoms with E-state index in [1.165, 1.54) is 6.08 Å². The number of carbonyl (C=O) groups is 2. The first-order valence-electron chi connectivity index (χ1n) is 11.0. The Balaban J connectivity index is 1.63. The van der Waals surface area contributed by atoms with Crippen molar-refractivity contribution >= 4 is 29.4 Å². The molecule has 0 bridgehead atoms. The number of esters is 1. The molecule has 34 heavy (non-hydrogen) atoms. The van der Waals surface area contributed by atoms with E-state index in [-0.39, 0.29) is 12.4 Å². The Labute approximate surface area is 204 Å². The molecule has 0 fully saturated rings. The molecular weight excluding hydrogens is 454 g/mol. The van der Waals surface area contributed by atoms with Crippen molar-refractivity contribution in [1.29, 1.82) is 0 Å². The maximum atomic E-state index is 12.6. The second-order valence-corrected chi connectivity index (χ2v) is 8.53. The third-order valence-electron chi connectivity index (χ3n) is 5.84. The van der Waals surface area contributed by atoms with Crippen molar-refractivity contribution in [3.8, 4) is 0 Å². The summed E-state index contributed by atoms with van der Waals surface area (Å²) in [5.41, 5.74) is 5.83. The molecule has 180 valence electrons. The third-order valence-corrected chi connectivity index (χ3v) is 6.21. The second-order valence-electron chi connectivity index (χ2n) is 8.13. The van der Waals surface area contributed by atoms with Crippen molar-refractivity contribution in [3.63, 3.8) is 0 Å². The zero-order valence-corrected chi connectivity index (χ0v) is 21.0. The summed E-state index contributed by atoms with van der Waals surface area (Å²) in [4.78, 5) is 24.9. The minimum absolute atomic E-state index is 0.238. The number of methoxy groups -OCH3 is 1. The Hall–Kier alpha value is -3.16. The fraction of sp³-hybridized carbons (Fsp3) is 0.346. The molecule has 3 rings (SSSR count). The van der Waals surface area contributed by atoms with E-state index in [0.717, 1.165) is 33.9 Å². The zero-order valence-electron chi connectivity index (χ0n) is 20.2. The fourth-order valence-corrected chi connectivity index (χ4v) is 4.11. The van der Waals surface area contributed by atoms with Crippen molar-refractivity contribution < 1.29 is 19.1 Å². The first-order valence-corrected chi connectivity index (χ1v) is 11.4. The van der Waals surface area contributed by atoms with Crippen LogP contribution in [-0.4, -0.2) is 46.4 Å². The molecule has 0 saturated heterocycles. The van der Waals surface area contributed by atoms with Crippen LogP contribution in [0, 0.1) is 27.7 Å². The number of halogens is 1. The number of Topliss-reactive ketones (excluding diaryl/α,β-unsaturated/α-hetero) is 1. The highest BCUT2D eigenvalue weighted by Crippen LogP contribution is 2.20. The lowest BCUT2D eigenvalue weighted by Gasteiger charge is -2.08. The van der Waals surface area contributed by atoms with Crippen molar-refractivity contribution in [2.75, 3.05) is 20.3 Å². The molecule has 0 unspecified atom stereocenters. The van der Waals surface area contributed by atoms with Crippen LogP contribution in [0.25, 0.3) is 6.08 Å². The van der Waals surface area contributed by atoms with Crippen molar-refractivity contribution in [2.24, 2.45) is 0 Å². The van der Waals surface area contributed by atoms with Gasteiger partial charge in [-0.2, -0.15) is 5.10 Å².